The minimum absolute atomic E-state index is 0.000531. The fraction of sp³-hybridized carbons (Fsp3) is 0.250. The lowest BCUT2D eigenvalue weighted by molar-refractivity contribution is -0.274. The quantitative estimate of drug-likeness (QED) is 0.770. The molecule has 1 heterocycles. The highest BCUT2D eigenvalue weighted by Crippen LogP contribution is 2.49. The smallest absolute Gasteiger partial charge is 0.376 e. The van der Waals surface area contributed by atoms with Crippen LogP contribution in [0.5, 0.6) is 0 Å². The predicted molar refractivity (Wildman–Crippen MR) is 87.6 cm³/mol. The van der Waals surface area contributed by atoms with E-state index in [2.05, 4.69) is 4.98 Å². The van der Waals surface area contributed by atoms with Crippen molar-refractivity contribution < 1.29 is 23.1 Å². The Bertz CT molecular complexity index is 814. The standard InChI is InChI=1S/C16H13Cl2F3N2O2/c1-8(11-3-2-9(14(22)24)6-12(11)17)15(25,16(19,20)21)10-4-5-23-13(18)7-10/h2-8,25H,1H3,(H2,22,24). The Balaban J connectivity index is 2.62. The zero-order valence-electron chi connectivity index (χ0n) is 12.8. The lowest BCUT2D eigenvalue weighted by Gasteiger charge is -2.37. The topological polar surface area (TPSA) is 76.2 Å². The molecule has 0 spiro atoms. The van der Waals surface area contributed by atoms with Gasteiger partial charge >= 0.3 is 6.18 Å². The number of aromatic nitrogens is 1. The number of nitrogens with two attached hydrogens (primary N) is 1. The molecule has 1 aromatic heterocycles. The molecule has 0 aliphatic carbocycles. The van der Waals surface area contributed by atoms with Gasteiger partial charge in [-0.3, -0.25) is 4.79 Å². The van der Waals surface area contributed by atoms with Gasteiger partial charge in [0.2, 0.25) is 5.91 Å². The minimum Gasteiger partial charge on any atom is -0.376 e. The fourth-order valence-corrected chi connectivity index (χ4v) is 3.07. The van der Waals surface area contributed by atoms with Gasteiger partial charge in [0.15, 0.2) is 5.60 Å². The van der Waals surface area contributed by atoms with E-state index in [0.717, 1.165) is 24.4 Å². The van der Waals surface area contributed by atoms with Gasteiger partial charge in [-0.05, 0) is 35.4 Å². The largest absolute Gasteiger partial charge is 0.422 e. The predicted octanol–water partition coefficient (Wildman–Crippen LogP) is 4.04. The van der Waals surface area contributed by atoms with Crippen LogP contribution in [0.4, 0.5) is 13.2 Å². The summed E-state index contributed by atoms with van der Waals surface area (Å²) in [5.74, 6) is -2.27. The highest BCUT2D eigenvalue weighted by atomic mass is 35.5. The van der Waals surface area contributed by atoms with Gasteiger partial charge in [-0.15, -0.1) is 0 Å². The van der Waals surface area contributed by atoms with E-state index in [1.807, 2.05) is 0 Å². The first-order valence-electron chi connectivity index (χ1n) is 6.99. The third-order valence-corrected chi connectivity index (χ3v) is 4.51. The van der Waals surface area contributed by atoms with Crippen molar-refractivity contribution in [2.45, 2.75) is 24.6 Å². The third kappa shape index (κ3) is 3.58. The van der Waals surface area contributed by atoms with E-state index in [1.54, 1.807) is 0 Å². The van der Waals surface area contributed by atoms with Crippen LogP contribution in [-0.2, 0) is 5.60 Å². The lowest BCUT2D eigenvalue weighted by atomic mass is 9.78. The molecule has 0 aliphatic heterocycles. The number of benzene rings is 1. The van der Waals surface area contributed by atoms with Crippen molar-refractivity contribution in [2.24, 2.45) is 5.73 Å². The van der Waals surface area contributed by atoms with E-state index < -0.39 is 29.2 Å². The number of primary amides is 1. The van der Waals surface area contributed by atoms with E-state index in [9.17, 15) is 23.1 Å². The summed E-state index contributed by atoms with van der Waals surface area (Å²) in [4.78, 5) is 14.8. The molecule has 9 heteroatoms. The zero-order valence-corrected chi connectivity index (χ0v) is 14.3. The van der Waals surface area contributed by atoms with Crippen molar-refractivity contribution in [3.8, 4) is 0 Å². The number of halogens is 5. The van der Waals surface area contributed by atoms with Crippen LogP contribution in [0.25, 0.3) is 0 Å². The SMILES string of the molecule is CC(c1ccc(C(N)=O)cc1Cl)C(O)(c1ccnc(Cl)c1)C(F)(F)F. The summed E-state index contributed by atoms with van der Waals surface area (Å²) in [5, 5.41) is 10.3. The zero-order chi connectivity index (χ0) is 19.0. The van der Waals surface area contributed by atoms with Crippen molar-refractivity contribution in [1.82, 2.24) is 4.98 Å². The van der Waals surface area contributed by atoms with Gasteiger partial charge in [-0.1, -0.05) is 36.2 Å². The maximum Gasteiger partial charge on any atom is 0.422 e. The van der Waals surface area contributed by atoms with Gasteiger partial charge in [0.25, 0.3) is 0 Å². The van der Waals surface area contributed by atoms with Gasteiger partial charge < -0.3 is 10.8 Å². The van der Waals surface area contributed by atoms with Crippen LogP contribution in [0.2, 0.25) is 10.2 Å². The number of alkyl halides is 3. The second kappa shape index (κ2) is 6.82. The van der Waals surface area contributed by atoms with Crippen molar-refractivity contribution in [3.63, 3.8) is 0 Å². The fourth-order valence-electron chi connectivity index (χ4n) is 2.56. The molecule has 0 radical (unpaired) electrons. The molecule has 0 fully saturated rings. The lowest BCUT2D eigenvalue weighted by Crippen LogP contribution is -2.46. The first-order chi connectivity index (χ1) is 11.5. The van der Waals surface area contributed by atoms with Crippen LogP contribution >= 0.6 is 23.2 Å². The summed E-state index contributed by atoms with van der Waals surface area (Å²) in [6.07, 6.45) is -3.96. The van der Waals surface area contributed by atoms with Crippen LogP contribution < -0.4 is 5.73 Å². The summed E-state index contributed by atoms with van der Waals surface area (Å²) >= 11 is 11.7. The average molecular weight is 393 g/mol. The summed E-state index contributed by atoms with van der Waals surface area (Å²) in [6, 6.07) is 5.60. The summed E-state index contributed by atoms with van der Waals surface area (Å²) in [7, 11) is 0. The number of carbonyl (C=O) groups is 1. The molecular weight excluding hydrogens is 380 g/mol. The van der Waals surface area contributed by atoms with Crippen LogP contribution in [0.1, 0.15) is 34.3 Å². The maximum atomic E-state index is 13.8. The first kappa shape index (κ1) is 19.5. The molecule has 0 aliphatic rings. The third-order valence-electron chi connectivity index (χ3n) is 3.98. The van der Waals surface area contributed by atoms with Crippen LogP contribution in [0.15, 0.2) is 36.5 Å². The molecule has 0 saturated heterocycles. The van der Waals surface area contributed by atoms with E-state index in [4.69, 9.17) is 28.9 Å². The number of pyridine rings is 1. The van der Waals surface area contributed by atoms with Gasteiger partial charge in [0.1, 0.15) is 5.15 Å². The highest BCUT2D eigenvalue weighted by Gasteiger charge is 2.59. The Labute approximate surface area is 151 Å². The van der Waals surface area contributed by atoms with Gasteiger partial charge in [-0.25, -0.2) is 4.98 Å². The summed E-state index contributed by atoms with van der Waals surface area (Å²) in [6.45, 7) is 1.17. The molecular formula is C16H13Cl2F3N2O2. The summed E-state index contributed by atoms with van der Waals surface area (Å²) < 4.78 is 41.3. The number of aliphatic hydroxyl groups is 1. The number of rotatable bonds is 4. The Hall–Kier alpha value is -1.83. The molecule has 134 valence electrons. The average Bonchev–Trinajstić information content (AvgIpc) is 2.52. The monoisotopic (exact) mass is 392 g/mol. The van der Waals surface area contributed by atoms with E-state index in [0.29, 0.717) is 0 Å². The van der Waals surface area contributed by atoms with Crippen molar-refractivity contribution in [3.05, 3.63) is 63.4 Å². The Kier molecular flexibility index (Phi) is 5.32. The molecule has 25 heavy (non-hydrogen) atoms. The molecule has 1 amide bonds. The molecule has 2 unspecified atom stereocenters. The Morgan fingerprint density at radius 2 is 1.88 bits per heavy atom. The van der Waals surface area contributed by atoms with Crippen molar-refractivity contribution in [1.29, 1.82) is 0 Å². The highest BCUT2D eigenvalue weighted by molar-refractivity contribution is 6.31. The Morgan fingerprint density at radius 1 is 1.24 bits per heavy atom. The summed E-state index contributed by atoms with van der Waals surface area (Å²) in [5.41, 5.74) is 1.43. The minimum atomic E-state index is -5.03. The van der Waals surface area contributed by atoms with Crippen LogP contribution in [0, 0.1) is 0 Å². The molecule has 1 aromatic carbocycles. The first-order valence-corrected chi connectivity index (χ1v) is 7.74. The van der Waals surface area contributed by atoms with Gasteiger partial charge in [0.05, 0.1) is 0 Å². The number of hydrogen-bond donors (Lipinski definition) is 2. The van der Waals surface area contributed by atoms with Crippen LogP contribution in [0.3, 0.4) is 0 Å². The molecule has 0 bridgehead atoms. The number of nitrogens with zero attached hydrogens (tertiary/aromatic N) is 1. The van der Waals surface area contributed by atoms with E-state index >= 15 is 0 Å². The molecule has 2 aromatic rings. The molecule has 4 nitrogen and oxygen atoms in total. The van der Waals surface area contributed by atoms with Crippen molar-refractivity contribution >= 4 is 29.1 Å². The van der Waals surface area contributed by atoms with E-state index in [-0.39, 0.29) is 21.3 Å². The van der Waals surface area contributed by atoms with Gasteiger partial charge in [-0.2, -0.15) is 13.2 Å². The Morgan fingerprint density at radius 3 is 2.36 bits per heavy atom. The molecule has 0 saturated carbocycles. The van der Waals surface area contributed by atoms with E-state index in [1.165, 1.54) is 19.1 Å². The molecule has 2 rings (SSSR count). The van der Waals surface area contributed by atoms with Crippen LogP contribution in [-0.4, -0.2) is 22.2 Å². The second-order valence-corrected chi connectivity index (χ2v) is 6.25. The molecule has 2 atom stereocenters. The van der Waals surface area contributed by atoms with Gasteiger partial charge in [0, 0.05) is 22.7 Å². The number of hydrogen-bond acceptors (Lipinski definition) is 3. The van der Waals surface area contributed by atoms with Crippen molar-refractivity contribution in [2.75, 3.05) is 0 Å². The number of carbonyl (C=O) groups excluding carboxylic acids is 1. The number of amides is 1. The second-order valence-electron chi connectivity index (χ2n) is 5.45. The molecule has 3 N–H and O–H groups in total. The normalized spacial score (nSPS) is 15.5. The maximum absolute atomic E-state index is 13.8.